The van der Waals surface area contributed by atoms with Crippen LogP contribution in [0, 0.1) is 0 Å². The molecule has 0 aliphatic rings. The number of hydrogen-bond donors (Lipinski definition) is 1. The summed E-state index contributed by atoms with van der Waals surface area (Å²) in [5.41, 5.74) is 2.27. The van der Waals surface area contributed by atoms with E-state index in [1.165, 1.54) is 29.8 Å². The van der Waals surface area contributed by atoms with Crippen molar-refractivity contribution in [3.05, 3.63) is 40.6 Å². The third-order valence-corrected chi connectivity index (χ3v) is 2.86. The summed E-state index contributed by atoms with van der Waals surface area (Å²) in [4.78, 5) is 4.03. The van der Waals surface area contributed by atoms with E-state index in [0.29, 0.717) is 6.54 Å². The molecule has 0 radical (unpaired) electrons. The highest BCUT2D eigenvalue weighted by atomic mass is 32.1. The molecule has 7 heteroatoms. The van der Waals surface area contributed by atoms with Crippen molar-refractivity contribution in [1.82, 2.24) is 9.55 Å². The van der Waals surface area contributed by atoms with E-state index in [-0.39, 0.29) is 5.56 Å². The number of hydrogen-bond acceptors (Lipinski definition) is 3. The van der Waals surface area contributed by atoms with Crippen molar-refractivity contribution in [3.63, 3.8) is 0 Å². The fourth-order valence-electron chi connectivity index (χ4n) is 1.41. The van der Waals surface area contributed by atoms with Gasteiger partial charge >= 0.3 is 6.18 Å². The number of halogens is 3. The molecule has 0 spiro atoms. The standard InChI is InChI=1S/C10H9F3N2OS/c11-10(12,13)9(16)7-1-2-15(3-7)4-8-5-17-6-14-8/h1-3,5-6,9,16H,4H2. The highest BCUT2D eigenvalue weighted by Gasteiger charge is 2.39. The quantitative estimate of drug-likeness (QED) is 0.923. The van der Waals surface area contributed by atoms with Gasteiger partial charge in [0.15, 0.2) is 6.10 Å². The van der Waals surface area contributed by atoms with Gasteiger partial charge in [0.05, 0.1) is 17.7 Å². The topological polar surface area (TPSA) is 38.0 Å². The summed E-state index contributed by atoms with van der Waals surface area (Å²) in [6, 6.07) is 1.25. The zero-order valence-corrected chi connectivity index (χ0v) is 9.37. The van der Waals surface area contributed by atoms with Gasteiger partial charge in [0, 0.05) is 23.3 Å². The number of aliphatic hydroxyl groups is 1. The summed E-state index contributed by atoms with van der Waals surface area (Å²) in [6.45, 7) is 0.397. The largest absolute Gasteiger partial charge is 0.418 e. The summed E-state index contributed by atoms with van der Waals surface area (Å²) in [5.74, 6) is 0. The smallest absolute Gasteiger partial charge is 0.379 e. The Kier molecular flexibility index (Phi) is 3.21. The van der Waals surface area contributed by atoms with Gasteiger partial charge in [0.2, 0.25) is 0 Å². The second kappa shape index (κ2) is 4.50. The van der Waals surface area contributed by atoms with E-state index in [9.17, 15) is 13.2 Å². The molecule has 0 aromatic carbocycles. The zero-order valence-electron chi connectivity index (χ0n) is 8.55. The molecule has 2 aromatic heterocycles. The molecule has 0 bridgehead atoms. The van der Waals surface area contributed by atoms with Crippen molar-refractivity contribution in [2.24, 2.45) is 0 Å². The number of nitrogens with zero attached hydrogens (tertiary/aromatic N) is 2. The molecule has 0 amide bonds. The van der Waals surface area contributed by atoms with E-state index in [2.05, 4.69) is 4.98 Å². The predicted octanol–water partition coefficient (Wildman–Crippen LogP) is 2.59. The molecule has 2 rings (SSSR count). The van der Waals surface area contributed by atoms with Gasteiger partial charge in [-0.1, -0.05) is 0 Å². The van der Waals surface area contributed by atoms with Crippen LogP contribution in [0.25, 0.3) is 0 Å². The van der Waals surface area contributed by atoms with Crippen molar-refractivity contribution < 1.29 is 18.3 Å². The summed E-state index contributed by atoms with van der Waals surface area (Å²) >= 11 is 1.42. The lowest BCUT2D eigenvalue weighted by Crippen LogP contribution is -2.19. The fraction of sp³-hybridized carbons (Fsp3) is 0.300. The molecule has 1 N–H and O–H groups in total. The molecule has 0 aliphatic carbocycles. The molecule has 2 aromatic rings. The molecule has 92 valence electrons. The molecule has 0 saturated carbocycles. The number of thiazole rings is 1. The average molecular weight is 262 g/mol. The molecule has 3 nitrogen and oxygen atoms in total. The normalized spacial score (nSPS) is 13.9. The second-order valence-electron chi connectivity index (χ2n) is 3.54. The van der Waals surface area contributed by atoms with E-state index >= 15 is 0 Å². The Morgan fingerprint density at radius 1 is 1.47 bits per heavy atom. The maximum absolute atomic E-state index is 12.3. The number of aromatic nitrogens is 2. The average Bonchev–Trinajstić information content (AvgIpc) is 2.87. The highest BCUT2D eigenvalue weighted by molar-refractivity contribution is 7.07. The van der Waals surface area contributed by atoms with Gasteiger partial charge in [-0.15, -0.1) is 11.3 Å². The molecular formula is C10H9F3N2OS. The van der Waals surface area contributed by atoms with E-state index in [4.69, 9.17) is 5.11 Å². The first-order chi connectivity index (χ1) is 7.97. The molecule has 0 fully saturated rings. The van der Waals surface area contributed by atoms with Gasteiger partial charge in [-0.3, -0.25) is 0 Å². The third-order valence-electron chi connectivity index (χ3n) is 2.23. The molecule has 2 heterocycles. The van der Waals surface area contributed by atoms with Crippen molar-refractivity contribution in [1.29, 1.82) is 0 Å². The Labute approximate surface area is 99.2 Å². The number of rotatable bonds is 3. The summed E-state index contributed by atoms with van der Waals surface area (Å²) in [5, 5.41) is 10.9. The van der Waals surface area contributed by atoms with E-state index < -0.39 is 12.3 Å². The lowest BCUT2D eigenvalue weighted by Gasteiger charge is -2.12. The maximum Gasteiger partial charge on any atom is 0.418 e. The van der Waals surface area contributed by atoms with Crippen LogP contribution in [0.3, 0.4) is 0 Å². The fourth-order valence-corrected chi connectivity index (χ4v) is 1.96. The van der Waals surface area contributed by atoms with Gasteiger partial charge in [-0.2, -0.15) is 13.2 Å². The van der Waals surface area contributed by atoms with Crippen LogP contribution in [-0.2, 0) is 6.54 Å². The van der Waals surface area contributed by atoms with Gasteiger partial charge in [-0.05, 0) is 6.07 Å². The van der Waals surface area contributed by atoms with E-state index in [1.54, 1.807) is 10.1 Å². The molecule has 0 aliphatic heterocycles. The van der Waals surface area contributed by atoms with Crippen LogP contribution in [0.2, 0.25) is 0 Å². The first-order valence-electron chi connectivity index (χ1n) is 4.74. The minimum absolute atomic E-state index is 0.160. The number of alkyl halides is 3. The first-order valence-corrected chi connectivity index (χ1v) is 5.68. The maximum atomic E-state index is 12.3. The second-order valence-corrected chi connectivity index (χ2v) is 4.26. The lowest BCUT2D eigenvalue weighted by molar-refractivity contribution is -0.206. The molecule has 1 atom stereocenters. The van der Waals surface area contributed by atoms with Crippen molar-refractivity contribution >= 4 is 11.3 Å². The van der Waals surface area contributed by atoms with Gasteiger partial charge in [0.1, 0.15) is 0 Å². The van der Waals surface area contributed by atoms with Gasteiger partial charge in [0.25, 0.3) is 0 Å². The van der Waals surface area contributed by atoms with Crippen LogP contribution in [0.4, 0.5) is 13.2 Å². The summed E-state index contributed by atoms with van der Waals surface area (Å²) in [7, 11) is 0. The van der Waals surface area contributed by atoms with Crippen LogP contribution >= 0.6 is 11.3 Å². The minimum atomic E-state index is -4.63. The molecule has 17 heavy (non-hydrogen) atoms. The van der Waals surface area contributed by atoms with Crippen molar-refractivity contribution in [2.45, 2.75) is 18.8 Å². The Hall–Kier alpha value is -1.34. The van der Waals surface area contributed by atoms with E-state index in [1.807, 2.05) is 5.38 Å². The Balaban J connectivity index is 2.11. The Bertz CT molecular complexity index is 478. The van der Waals surface area contributed by atoms with Crippen LogP contribution in [-0.4, -0.2) is 20.8 Å². The van der Waals surface area contributed by atoms with Crippen LogP contribution < -0.4 is 0 Å². The monoisotopic (exact) mass is 262 g/mol. The van der Waals surface area contributed by atoms with Crippen molar-refractivity contribution in [2.75, 3.05) is 0 Å². The zero-order chi connectivity index (χ0) is 12.5. The number of aliphatic hydroxyl groups excluding tert-OH is 1. The molecule has 0 saturated heterocycles. The summed E-state index contributed by atoms with van der Waals surface area (Å²) in [6.07, 6.45) is -4.30. The molecular weight excluding hydrogens is 253 g/mol. The van der Waals surface area contributed by atoms with Gasteiger partial charge < -0.3 is 9.67 Å². The van der Waals surface area contributed by atoms with Gasteiger partial charge in [-0.25, -0.2) is 4.98 Å². The minimum Gasteiger partial charge on any atom is -0.379 e. The van der Waals surface area contributed by atoms with Crippen molar-refractivity contribution in [3.8, 4) is 0 Å². The Morgan fingerprint density at radius 2 is 2.24 bits per heavy atom. The van der Waals surface area contributed by atoms with Crippen LogP contribution in [0.15, 0.2) is 29.4 Å². The predicted molar refractivity (Wildman–Crippen MR) is 56.7 cm³/mol. The third kappa shape index (κ3) is 2.86. The SMILES string of the molecule is OC(c1ccn(Cc2cscn2)c1)C(F)(F)F. The van der Waals surface area contributed by atoms with Crippen LogP contribution in [0.1, 0.15) is 17.4 Å². The Morgan fingerprint density at radius 3 is 2.82 bits per heavy atom. The lowest BCUT2D eigenvalue weighted by atomic mass is 10.2. The van der Waals surface area contributed by atoms with Crippen LogP contribution in [0.5, 0.6) is 0 Å². The highest BCUT2D eigenvalue weighted by Crippen LogP contribution is 2.32. The molecule has 1 unspecified atom stereocenters. The summed E-state index contributed by atoms with van der Waals surface area (Å²) < 4.78 is 38.3. The first kappa shape index (κ1) is 12.1. The van der Waals surface area contributed by atoms with E-state index in [0.717, 1.165) is 5.69 Å².